The maximum Gasteiger partial charge on any atom is 0.305 e. The zero-order valence-corrected chi connectivity index (χ0v) is 35.3. The Morgan fingerprint density at radius 2 is 1.00 bits per heavy atom. The number of hydrogen-bond donors (Lipinski definition) is 1. The van der Waals surface area contributed by atoms with Crippen LogP contribution in [0.25, 0.3) is 0 Å². The lowest BCUT2D eigenvalue weighted by molar-refractivity contribution is -0.143. The summed E-state index contributed by atoms with van der Waals surface area (Å²) in [5.74, 6) is 0.0193. The number of aldehydes is 1. The summed E-state index contributed by atoms with van der Waals surface area (Å²) in [6.07, 6.45) is 64.3. The number of esters is 1. The van der Waals surface area contributed by atoms with Gasteiger partial charge in [-0.25, -0.2) is 0 Å². The Kier molecular flexibility index (Phi) is 51.6. The lowest BCUT2D eigenvalue weighted by atomic mass is 10.2. The third-order valence-corrected chi connectivity index (χ3v) is 7.31. The number of allylic oxidation sites excluding steroid dienone is 22. The Morgan fingerprint density at radius 3 is 1.40 bits per heavy atom. The number of aliphatic hydroxyl groups excluding tert-OH is 1. The van der Waals surface area contributed by atoms with Crippen LogP contribution in [0.2, 0.25) is 0 Å². The molecule has 0 unspecified atom stereocenters. The van der Waals surface area contributed by atoms with E-state index in [2.05, 4.69) is 143 Å². The number of hydrogen-bond acceptors (Lipinski definition) is 4. The van der Waals surface area contributed by atoms with Crippen molar-refractivity contribution >= 4 is 12.3 Å². The minimum atomic E-state index is -0.174. The first kappa shape index (κ1) is 54.9. The Bertz CT molecular complexity index is 1230. The number of aliphatic hydroxyl groups is 1. The second-order valence-electron chi connectivity index (χ2n) is 12.5. The maximum absolute atomic E-state index is 11.7. The molecule has 0 amide bonds. The summed E-state index contributed by atoms with van der Waals surface area (Å²) < 4.78 is 5.22. The number of carbonyl (C=O) groups is 2. The largest absolute Gasteiger partial charge is 0.508 e. The van der Waals surface area contributed by atoms with Crippen LogP contribution in [0.3, 0.4) is 0 Å². The van der Waals surface area contributed by atoms with Crippen molar-refractivity contribution in [2.24, 2.45) is 0 Å². The molecule has 0 aliphatic carbocycles. The van der Waals surface area contributed by atoms with Crippen molar-refractivity contribution in [1.29, 1.82) is 0 Å². The highest BCUT2D eigenvalue weighted by Crippen LogP contribution is 2.06. The zero-order valence-electron chi connectivity index (χ0n) is 35.3. The third-order valence-electron chi connectivity index (χ3n) is 7.31. The van der Waals surface area contributed by atoms with Crippen molar-refractivity contribution in [3.05, 3.63) is 158 Å². The number of carbonyl (C=O) groups excluding carboxylic acids is 2. The van der Waals surface area contributed by atoms with E-state index in [0.717, 1.165) is 115 Å². The van der Waals surface area contributed by atoms with Crippen LogP contribution >= 0.6 is 0 Å². The molecule has 0 aliphatic rings. The van der Waals surface area contributed by atoms with E-state index in [0.29, 0.717) is 19.4 Å². The van der Waals surface area contributed by atoms with Crippen molar-refractivity contribution in [3.63, 3.8) is 0 Å². The average molecular weight is 755 g/mol. The van der Waals surface area contributed by atoms with Crippen molar-refractivity contribution in [1.82, 2.24) is 0 Å². The predicted molar refractivity (Wildman–Crippen MR) is 244 cm³/mol. The summed E-state index contributed by atoms with van der Waals surface area (Å²) in [5.41, 5.74) is 0.811. The van der Waals surface area contributed by atoms with Gasteiger partial charge in [-0.2, -0.15) is 0 Å². The first-order valence-corrected chi connectivity index (χ1v) is 20.7. The smallest absolute Gasteiger partial charge is 0.305 e. The third kappa shape index (κ3) is 56.5. The highest BCUT2D eigenvalue weighted by Gasteiger charge is 2.01. The van der Waals surface area contributed by atoms with E-state index < -0.39 is 0 Å². The molecule has 0 fully saturated rings. The molecule has 306 valence electrons. The van der Waals surface area contributed by atoms with Crippen LogP contribution in [0.5, 0.6) is 0 Å². The Morgan fingerprint density at radius 1 is 0.564 bits per heavy atom. The molecule has 0 spiro atoms. The molecule has 0 aliphatic heterocycles. The van der Waals surface area contributed by atoms with Crippen molar-refractivity contribution in [3.8, 4) is 0 Å². The molecule has 0 rings (SSSR count). The molecule has 0 atom stereocenters. The number of rotatable bonds is 31. The monoisotopic (exact) mass is 755 g/mol. The van der Waals surface area contributed by atoms with Crippen molar-refractivity contribution in [2.45, 2.75) is 143 Å². The molecule has 0 saturated heterocycles. The quantitative estimate of drug-likeness (QED) is 0.0191. The van der Waals surface area contributed by atoms with Crippen LogP contribution in [0.15, 0.2) is 158 Å². The van der Waals surface area contributed by atoms with Gasteiger partial charge in [-0.15, -0.1) is 6.58 Å². The lowest BCUT2D eigenvalue weighted by Crippen LogP contribution is -2.05. The van der Waals surface area contributed by atoms with Gasteiger partial charge in [0.25, 0.3) is 0 Å². The van der Waals surface area contributed by atoms with Crippen LogP contribution < -0.4 is 0 Å². The minimum Gasteiger partial charge on any atom is -0.508 e. The average Bonchev–Trinajstić information content (AvgIpc) is 3.19. The SMILES string of the molecule is C=C(/C=C\C(O)=C/C)CCOC(=O)CCC/C=C/C/C=C/C/C=C/CC/C=C/C/C=C/CC.C=CC/C=C/C/C=C/C/C=C/C/C=C/CC.CCCCC=O. The molecule has 4 nitrogen and oxygen atoms in total. The van der Waals surface area contributed by atoms with Gasteiger partial charge in [0.05, 0.1) is 6.61 Å². The van der Waals surface area contributed by atoms with Crippen LogP contribution in [0.1, 0.15) is 143 Å². The molecule has 0 aromatic carbocycles. The standard InChI is InChI=1S/C30H44O3.C16H24.C5H10O/c1-4-6-7-8-9-10-11-12-13-14-15-16-17-18-19-20-21-22-23-30(32)33-27-26-28(3)24-25-29(31)5-2;1-3-5-7-9-11-13-15-16-14-12-10-8-6-4-2;1-2-3-4-5-6/h5-7,9-10,13-14,16-17,19-20,24-25,31H,3-4,8,11-12,15,18,21-23,26-27H2,1-2H3;3,6-9,12-15H,1,4-5,10-11,16H2,2H3;5H,2-4H2,1H3/b7-6+,10-9+,14-13+,17-16+,20-19+,25-24-,29-5+;8-6+,9-7+,14-12+,15-13+;. The van der Waals surface area contributed by atoms with E-state index in [4.69, 9.17) is 4.74 Å². The van der Waals surface area contributed by atoms with Crippen molar-refractivity contribution < 1.29 is 19.4 Å². The summed E-state index contributed by atoms with van der Waals surface area (Å²) >= 11 is 0. The van der Waals surface area contributed by atoms with Gasteiger partial charge in [0.1, 0.15) is 12.0 Å². The maximum atomic E-state index is 11.7. The molecule has 0 bridgehead atoms. The zero-order chi connectivity index (χ0) is 41.1. The predicted octanol–water partition coefficient (Wildman–Crippen LogP) is 15.5. The van der Waals surface area contributed by atoms with Gasteiger partial charge >= 0.3 is 5.97 Å². The summed E-state index contributed by atoms with van der Waals surface area (Å²) in [6.45, 7) is 16.0. The van der Waals surface area contributed by atoms with Gasteiger partial charge in [0, 0.05) is 19.3 Å². The summed E-state index contributed by atoms with van der Waals surface area (Å²) in [4.78, 5) is 21.3. The fraction of sp³-hybridized carbons (Fsp3) is 0.451. The van der Waals surface area contributed by atoms with Crippen LogP contribution in [-0.4, -0.2) is 24.0 Å². The van der Waals surface area contributed by atoms with Crippen LogP contribution in [-0.2, 0) is 14.3 Å². The molecule has 0 saturated carbocycles. The molecule has 0 radical (unpaired) electrons. The molecular weight excluding hydrogens is 677 g/mol. The van der Waals surface area contributed by atoms with E-state index in [1.807, 2.05) is 6.08 Å². The molecular formula is C51H78O4. The van der Waals surface area contributed by atoms with Gasteiger partial charge in [-0.3, -0.25) is 4.79 Å². The van der Waals surface area contributed by atoms with E-state index >= 15 is 0 Å². The molecule has 1 N–H and O–H groups in total. The van der Waals surface area contributed by atoms with Crippen molar-refractivity contribution in [2.75, 3.05) is 6.61 Å². The molecule has 55 heavy (non-hydrogen) atoms. The fourth-order valence-corrected chi connectivity index (χ4v) is 4.10. The summed E-state index contributed by atoms with van der Waals surface area (Å²) in [5, 5.41) is 9.33. The number of ether oxygens (including phenoxy) is 1. The van der Waals surface area contributed by atoms with E-state index in [1.165, 1.54) is 0 Å². The van der Waals surface area contributed by atoms with Gasteiger partial charge in [0.2, 0.25) is 0 Å². The second-order valence-corrected chi connectivity index (χ2v) is 12.5. The Balaban J connectivity index is -0.00000101. The van der Waals surface area contributed by atoms with Gasteiger partial charge in [0.15, 0.2) is 0 Å². The lowest BCUT2D eigenvalue weighted by Gasteiger charge is -2.04. The molecule has 0 aromatic rings. The Labute approximate surface area is 338 Å². The van der Waals surface area contributed by atoms with Gasteiger partial charge in [-0.1, -0.05) is 161 Å². The molecule has 0 aromatic heterocycles. The van der Waals surface area contributed by atoms with Gasteiger partial charge in [-0.05, 0) is 109 Å². The van der Waals surface area contributed by atoms with Gasteiger partial charge < -0.3 is 14.6 Å². The summed E-state index contributed by atoms with van der Waals surface area (Å²) in [6, 6.07) is 0. The summed E-state index contributed by atoms with van der Waals surface area (Å²) in [7, 11) is 0. The van der Waals surface area contributed by atoms with E-state index in [9.17, 15) is 14.7 Å². The van der Waals surface area contributed by atoms with Crippen LogP contribution in [0, 0.1) is 0 Å². The van der Waals surface area contributed by atoms with Crippen LogP contribution in [0.4, 0.5) is 0 Å². The molecule has 4 heteroatoms. The first-order valence-electron chi connectivity index (χ1n) is 20.7. The Hall–Kier alpha value is -4.44. The molecule has 0 heterocycles. The highest BCUT2D eigenvalue weighted by molar-refractivity contribution is 5.69. The second kappa shape index (κ2) is 51.7. The van der Waals surface area contributed by atoms with E-state index in [1.54, 1.807) is 25.2 Å². The van der Waals surface area contributed by atoms with E-state index in [-0.39, 0.29) is 11.7 Å². The fourth-order valence-electron chi connectivity index (χ4n) is 4.10. The minimum absolute atomic E-state index is 0.174. The number of unbranched alkanes of at least 4 members (excludes halogenated alkanes) is 4. The normalized spacial score (nSPS) is 12.4. The highest BCUT2D eigenvalue weighted by atomic mass is 16.5. The topological polar surface area (TPSA) is 63.6 Å². The first-order chi connectivity index (χ1) is 26.9.